The Morgan fingerprint density at radius 2 is 1.71 bits per heavy atom. The van der Waals surface area contributed by atoms with Crippen LogP contribution in [0.2, 0.25) is 0 Å². The summed E-state index contributed by atoms with van der Waals surface area (Å²) in [5.74, 6) is 1.27. The van der Waals surface area contributed by atoms with E-state index < -0.39 is 0 Å². The van der Waals surface area contributed by atoms with Gasteiger partial charge in [0.05, 0.1) is 25.7 Å². The molecule has 1 amide bonds. The zero-order valence-electron chi connectivity index (χ0n) is 20.1. The molecule has 8 heteroatoms. The molecule has 3 heterocycles. The molecule has 2 fully saturated rings. The summed E-state index contributed by atoms with van der Waals surface area (Å²) in [6, 6.07) is 18.2. The fourth-order valence-corrected chi connectivity index (χ4v) is 4.84. The first kappa shape index (κ1) is 23.7. The van der Waals surface area contributed by atoms with Crippen LogP contribution in [0.3, 0.4) is 0 Å². The second kappa shape index (κ2) is 11.6. The standard InChI is InChI=1S/C27H33N5O3/c33-27(28-17-22-9-4-5-10-23(22)18-31-13-15-34-16-14-31)24-11-6-12-32(19-24)20-25-29-26(30-35-25)21-7-2-1-3-8-21/h1-5,7-10,24H,6,11-20H2,(H,28,33). The summed E-state index contributed by atoms with van der Waals surface area (Å²) in [6.45, 7) is 7.10. The second-order valence-electron chi connectivity index (χ2n) is 9.33. The fraction of sp³-hybridized carbons (Fsp3) is 0.444. The highest BCUT2D eigenvalue weighted by Gasteiger charge is 2.27. The third-order valence-corrected chi connectivity index (χ3v) is 6.80. The molecule has 1 unspecified atom stereocenters. The minimum Gasteiger partial charge on any atom is -0.379 e. The maximum atomic E-state index is 13.0. The van der Waals surface area contributed by atoms with Crippen molar-refractivity contribution in [2.45, 2.75) is 32.5 Å². The van der Waals surface area contributed by atoms with Gasteiger partial charge in [0.1, 0.15) is 0 Å². The molecular weight excluding hydrogens is 442 g/mol. The lowest BCUT2D eigenvalue weighted by Gasteiger charge is -2.31. The maximum absolute atomic E-state index is 13.0. The number of piperidine rings is 1. The number of rotatable bonds is 8. The van der Waals surface area contributed by atoms with Gasteiger partial charge in [-0.3, -0.25) is 14.6 Å². The van der Waals surface area contributed by atoms with Crippen molar-refractivity contribution >= 4 is 5.91 Å². The normalized spacial score (nSPS) is 19.5. The molecule has 184 valence electrons. The average Bonchev–Trinajstić information content (AvgIpc) is 3.38. The molecule has 0 bridgehead atoms. The van der Waals surface area contributed by atoms with Crippen molar-refractivity contribution in [1.82, 2.24) is 25.3 Å². The first-order valence-corrected chi connectivity index (χ1v) is 12.5. The third-order valence-electron chi connectivity index (χ3n) is 6.80. The predicted octanol–water partition coefficient (Wildman–Crippen LogP) is 3.10. The van der Waals surface area contributed by atoms with Crippen LogP contribution >= 0.6 is 0 Å². The zero-order valence-corrected chi connectivity index (χ0v) is 20.1. The van der Waals surface area contributed by atoms with Gasteiger partial charge in [0.15, 0.2) is 0 Å². The Kier molecular flexibility index (Phi) is 7.82. The van der Waals surface area contributed by atoms with Gasteiger partial charge in [-0.25, -0.2) is 0 Å². The number of hydrogen-bond donors (Lipinski definition) is 1. The molecule has 1 N–H and O–H groups in total. The van der Waals surface area contributed by atoms with Crippen LogP contribution in [-0.2, 0) is 29.2 Å². The van der Waals surface area contributed by atoms with Crippen LogP contribution in [0.15, 0.2) is 59.1 Å². The highest BCUT2D eigenvalue weighted by Crippen LogP contribution is 2.21. The topological polar surface area (TPSA) is 83.7 Å². The summed E-state index contributed by atoms with van der Waals surface area (Å²) in [5.41, 5.74) is 3.39. The van der Waals surface area contributed by atoms with Gasteiger partial charge in [-0.05, 0) is 30.5 Å². The van der Waals surface area contributed by atoms with Crippen molar-refractivity contribution in [3.05, 3.63) is 71.6 Å². The van der Waals surface area contributed by atoms with Gasteiger partial charge in [-0.1, -0.05) is 59.8 Å². The molecule has 2 aliphatic rings. The molecule has 5 rings (SSSR count). The lowest BCUT2D eigenvalue weighted by Crippen LogP contribution is -2.42. The van der Waals surface area contributed by atoms with E-state index in [9.17, 15) is 4.79 Å². The number of ether oxygens (including phenoxy) is 1. The summed E-state index contributed by atoms with van der Waals surface area (Å²) < 4.78 is 10.9. The Hall–Kier alpha value is -3.07. The van der Waals surface area contributed by atoms with Gasteiger partial charge in [-0.15, -0.1) is 0 Å². The van der Waals surface area contributed by atoms with E-state index in [1.165, 1.54) is 11.1 Å². The number of hydrogen-bond acceptors (Lipinski definition) is 7. The number of likely N-dealkylation sites (tertiary alicyclic amines) is 1. The van der Waals surface area contributed by atoms with Crippen LogP contribution in [0.4, 0.5) is 0 Å². The van der Waals surface area contributed by atoms with E-state index >= 15 is 0 Å². The van der Waals surface area contributed by atoms with E-state index in [2.05, 4.69) is 43.5 Å². The largest absolute Gasteiger partial charge is 0.379 e. The Morgan fingerprint density at radius 3 is 2.54 bits per heavy atom. The van der Waals surface area contributed by atoms with Gasteiger partial charge in [0.25, 0.3) is 0 Å². The second-order valence-corrected chi connectivity index (χ2v) is 9.33. The van der Waals surface area contributed by atoms with Gasteiger partial charge in [0.2, 0.25) is 17.6 Å². The van der Waals surface area contributed by atoms with Gasteiger partial charge in [0, 0.05) is 38.3 Å². The van der Waals surface area contributed by atoms with Crippen molar-refractivity contribution < 1.29 is 14.1 Å². The number of morpholine rings is 1. The van der Waals surface area contributed by atoms with E-state index in [0.29, 0.717) is 31.3 Å². The molecule has 1 atom stereocenters. The van der Waals surface area contributed by atoms with E-state index in [-0.39, 0.29) is 11.8 Å². The van der Waals surface area contributed by atoms with Crippen molar-refractivity contribution in [1.29, 1.82) is 0 Å². The van der Waals surface area contributed by atoms with Crippen molar-refractivity contribution in [3.8, 4) is 11.4 Å². The zero-order chi connectivity index (χ0) is 23.9. The highest BCUT2D eigenvalue weighted by molar-refractivity contribution is 5.79. The molecule has 0 spiro atoms. The summed E-state index contributed by atoms with van der Waals surface area (Å²) >= 11 is 0. The van der Waals surface area contributed by atoms with Gasteiger partial charge < -0.3 is 14.6 Å². The lowest BCUT2D eigenvalue weighted by atomic mass is 9.97. The summed E-state index contributed by atoms with van der Waals surface area (Å²) in [5, 5.41) is 7.31. The minimum atomic E-state index is -0.0355. The SMILES string of the molecule is O=C(NCc1ccccc1CN1CCOCC1)C1CCCN(Cc2nc(-c3ccccc3)no2)C1. The number of benzene rings is 2. The molecule has 35 heavy (non-hydrogen) atoms. The summed E-state index contributed by atoms with van der Waals surface area (Å²) in [7, 11) is 0. The van der Waals surface area contributed by atoms with E-state index in [4.69, 9.17) is 9.26 Å². The monoisotopic (exact) mass is 475 g/mol. The first-order valence-electron chi connectivity index (χ1n) is 12.5. The molecular formula is C27H33N5O3. The van der Waals surface area contributed by atoms with Crippen molar-refractivity contribution in [2.24, 2.45) is 5.92 Å². The predicted molar refractivity (Wildman–Crippen MR) is 132 cm³/mol. The number of aromatic nitrogens is 2. The molecule has 2 saturated heterocycles. The molecule has 8 nitrogen and oxygen atoms in total. The number of nitrogens with one attached hydrogen (secondary N) is 1. The molecule has 0 radical (unpaired) electrons. The van der Waals surface area contributed by atoms with E-state index in [0.717, 1.165) is 57.8 Å². The molecule has 2 aromatic carbocycles. The number of amides is 1. The Bertz CT molecular complexity index is 1100. The fourth-order valence-electron chi connectivity index (χ4n) is 4.84. The first-order chi connectivity index (χ1) is 17.2. The van der Waals surface area contributed by atoms with E-state index in [1.807, 2.05) is 36.4 Å². The third kappa shape index (κ3) is 6.33. The average molecular weight is 476 g/mol. The van der Waals surface area contributed by atoms with Crippen LogP contribution in [0, 0.1) is 5.92 Å². The van der Waals surface area contributed by atoms with Crippen LogP contribution in [0.1, 0.15) is 29.9 Å². The molecule has 2 aliphatic heterocycles. The summed E-state index contributed by atoms with van der Waals surface area (Å²) in [6.07, 6.45) is 1.88. The molecule has 0 aliphatic carbocycles. The van der Waals surface area contributed by atoms with Gasteiger partial charge >= 0.3 is 0 Å². The van der Waals surface area contributed by atoms with Crippen molar-refractivity contribution in [2.75, 3.05) is 39.4 Å². The van der Waals surface area contributed by atoms with E-state index in [1.54, 1.807) is 0 Å². The molecule has 3 aromatic rings. The van der Waals surface area contributed by atoms with Crippen LogP contribution < -0.4 is 5.32 Å². The number of carbonyl (C=O) groups excluding carboxylic acids is 1. The molecule has 0 saturated carbocycles. The Balaban J connectivity index is 1.14. The van der Waals surface area contributed by atoms with Crippen molar-refractivity contribution in [3.63, 3.8) is 0 Å². The Morgan fingerprint density at radius 1 is 0.943 bits per heavy atom. The van der Waals surface area contributed by atoms with Gasteiger partial charge in [-0.2, -0.15) is 4.98 Å². The minimum absolute atomic E-state index is 0.0355. The number of carbonyl (C=O) groups is 1. The number of nitrogens with zero attached hydrogens (tertiary/aromatic N) is 4. The van der Waals surface area contributed by atoms with Crippen LogP contribution in [0.25, 0.3) is 11.4 Å². The van der Waals surface area contributed by atoms with Crippen LogP contribution in [0.5, 0.6) is 0 Å². The Labute approximate surface area is 206 Å². The van der Waals surface area contributed by atoms with Crippen LogP contribution in [-0.4, -0.2) is 65.2 Å². The quantitative estimate of drug-likeness (QED) is 0.536. The smallest absolute Gasteiger partial charge is 0.241 e. The maximum Gasteiger partial charge on any atom is 0.241 e. The highest BCUT2D eigenvalue weighted by atomic mass is 16.5. The summed E-state index contributed by atoms with van der Waals surface area (Å²) in [4.78, 5) is 22.2. The lowest BCUT2D eigenvalue weighted by molar-refractivity contribution is -0.127. The molecule has 1 aromatic heterocycles.